The van der Waals surface area contributed by atoms with Gasteiger partial charge >= 0.3 is 0 Å². The van der Waals surface area contributed by atoms with Gasteiger partial charge in [0.25, 0.3) is 0 Å². The van der Waals surface area contributed by atoms with Crippen molar-refractivity contribution in [3.05, 3.63) is 18.0 Å². The summed E-state index contributed by atoms with van der Waals surface area (Å²) in [5, 5.41) is 6.82. The zero-order chi connectivity index (χ0) is 9.26. The van der Waals surface area contributed by atoms with Crippen LogP contribution in [0.25, 0.3) is 0 Å². The molecule has 1 aliphatic heterocycles. The number of nitrogens with zero attached hydrogens (tertiary/aromatic N) is 2. The molecule has 1 saturated heterocycles. The third-order valence-electron chi connectivity index (χ3n) is 2.77. The van der Waals surface area contributed by atoms with E-state index in [1.807, 2.05) is 12.4 Å². The van der Waals surface area contributed by atoms with Crippen molar-refractivity contribution in [1.29, 1.82) is 0 Å². The molecule has 0 aromatic carbocycles. The minimum atomic E-state index is 0.341. The van der Waals surface area contributed by atoms with Gasteiger partial charge in [0.2, 0.25) is 0 Å². The predicted octanol–water partition coefficient (Wildman–Crippen LogP) is 0.504. The van der Waals surface area contributed by atoms with Crippen LogP contribution in [0.1, 0.15) is 24.4 Å². The first-order valence-electron chi connectivity index (χ1n) is 4.72. The molecule has 13 heavy (non-hydrogen) atoms. The van der Waals surface area contributed by atoms with E-state index in [0.29, 0.717) is 12.1 Å². The molecule has 3 N–H and O–H groups in total. The summed E-state index contributed by atoms with van der Waals surface area (Å²) >= 11 is 0. The van der Waals surface area contributed by atoms with Crippen LogP contribution in [0.3, 0.4) is 0 Å². The Morgan fingerprint density at radius 2 is 2.46 bits per heavy atom. The molecule has 0 bridgehead atoms. The van der Waals surface area contributed by atoms with E-state index in [0.717, 1.165) is 19.4 Å². The van der Waals surface area contributed by atoms with Gasteiger partial charge in [0.1, 0.15) is 0 Å². The fourth-order valence-electron chi connectivity index (χ4n) is 2.05. The first-order chi connectivity index (χ1) is 6.27. The average molecular weight is 180 g/mol. The predicted molar refractivity (Wildman–Crippen MR) is 51.2 cm³/mol. The van der Waals surface area contributed by atoms with E-state index in [2.05, 4.69) is 22.1 Å². The van der Waals surface area contributed by atoms with Gasteiger partial charge in [0.05, 0.1) is 6.20 Å². The van der Waals surface area contributed by atoms with Crippen molar-refractivity contribution in [2.45, 2.75) is 24.9 Å². The van der Waals surface area contributed by atoms with E-state index in [4.69, 9.17) is 5.73 Å². The lowest BCUT2D eigenvalue weighted by atomic mass is 9.96. The molecule has 2 rings (SSSR count). The molecule has 4 nitrogen and oxygen atoms in total. The lowest BCUT2D eigenvalue weighted by molar-refractivity contribution is 0.170. The van der Waals surface area contributed by atoms with Crippen molar-refractivity contribution in [2.75, 3.05) is 13.6 Å². The van der Waals surface area contributed by atoms with Crippen LogP contribution in [-0.2, 0) is 0 Å². The van der Waals surface area contributed by atoms with Crippen LogP contribution in [0.2, 0.25) is 0 Å². The number of piperidine rings is 1. The molecule has 4 heteroatoms. The first-order valence-corrected chi connectivity index (χ1v) is 4.72. The van der Waals surface area contributed by atoms with Crippen LogP contribution in [0, 0.1) is 0 Å². The van der Waals surface area contributed by atoms with Crippen molar-refractivity contribution in [3.8, 4) is 0 Å². The van der Waals surface area contributed by atoms with E-state index < -0.39 is 0 Å². The molecule has 0 amide bonds. The molecule has 1 aromatic heterocycles. The lowest BCUT2D eigenvalue weighted by Crippen LogP contribution is -2.42. The minimum absolute atomic E-state index is 0.341. The molecule has 1 aliphatic rings. The molecule has 1 fully saturated rings. The molecule has 0 radical (unpaired) electrons. The summed E-state index contributed by atoms with van der Waals surface area (Å²) in [5.41, 5.74) is 7.15. The Hall–Kier alpha value is -0.870. The fourth-order valence-corrected chi connectivity index (χ4v) is 2.05. The summed E-state index contributed by atoms with van der Waals surface area (Å²) in [6.07, 6.45) is 6.12. The monoisotopic (exact) mass is 180 g/mol. The van der Waals surface area contributed by atoms with Crippen molar-refractivity contribution in [2.24, 2.45) is 5.73 Å². The number of likely N-dealkylation sites (tertiary alicyclic amines) is 1. The van der Waals surface area contributed by atoms with Crippen molar-refractivity contribution >= 4 is 0 Å². The number of aromatic amines is 1. The molecule has 2 unspecified atom stereocenters. The third kappa shape index (κ3) is 1.73. The highest BCUT2D eigenvalue weighted by Crippen LogP contribution is 2.27. The maximum absolute atomic E-state index is 5.88. The third-order valence-corrected chi connectivity index (χ3v) is 2.77. The maximum atomic E-state index is 5.88. The summed E-state index contributed by atoms with van der Waals surface area (Å²) in [6.45, 7) is 0.982. The van der Waals surface area contributed by atoms with Gasteiger partial charge in [-0.2, -0.15) is 5.10 Å². The molecular weight excluding hydrogens is 164 g/mol. The Labute approximate surface area is 78.1 Å². The Morgan fingerprint density at radius 3 is 3.08 bits per heavy atom. The normalized spacial score (nSPS) is 30.6. The molecular formula is C9H16N4. The van der Waals surface area contributed by atoms with Gasteiger partial charge in [-0.1, -0.05) is 0 Å². The smallest absolute Gasteiger partial charge is 0.0535 e. The van der Waals surface area contributed by atoms with Gasteiger partial charge in [0, 0.05) is 30.4 Å². The number of aromatic nitrogens is 2. The van der Waals surface area contributed by atoms with E-state index in [1.54, 1.807) is 0 Å². The molecule has 1 aromatic rings. The zero-order valence-electron chi connectivity index (χ0n) is 7.90. The van der Waals surface area contributed by atoms with Crippen LogP contribution in [0.4, 0.5) is 0 Å². The van der Waals surface area contributed by atoms with Crippen molar-refractivity contribution < 1.29 is 0 Å². The van der Waals surface area contributed by atoms with Gasteiger partial charge in [-0.25, -0.2) is 0 Å². The van der Waals surface area contributed by atoms with Crippen LogP contribution in [0.15, 0.2) is 12.4 Å². The molecule has 2 atom stereocenters. The van der Waals surface area contributed by atoms with E-state index in [9.17, 15) is 0 Å². The Kier molecular flexibility index (Phi) is 2.33. The van der Waals surface area contributed by atoms with Crippen LogP contribution in [0.5, 0.6) is 0 Å². The highest BCUT2D eigenvalue weighted by Gasteiger charge is 2.24. The SMILES string of the molecule is CN1CC(N)CCC1c1cn[nH]c1. The molecule has 72 valence electrons. The first kappa shape index (κ1) is 8.72. The topological polar surface area (TPSA) is 57.9 Å². The van der Waals surface area contributed by atoms with E-state index in [-0.39, 0.29) is 0 Å². The number of rotatable bonds is 1. The summed E-state index contributed by atoms with van der Waals surface area (Å²) in [5.74, 6) is 0. The minimum Gasteiger partial charge on any atom is -0.327 e. The second-order valence-corrected chi connectivity index (χ2v) is 3.82. The molecule has 0 saturated carbocycles. The summed E-state index contributed by atoms with van der Waals surface area (Å²) in [4.78, 5) is 2.30. The molecule has 2 heterocycles. The number of H-pyrrole nitrogens is 1. The van der Waals surface area contributed by atoms with Crippen LogP contribution < -0.4 is 5.73 Å². The lowest BCUT2D eigenvalue weighted by Gasteiger charge is -2.35. The van der Waals surface area contributed by atoms with Gasteiger partial charge < -0.3 is 5.73 Å². The number of nitrogens with two attached hydrogens (primary N) is 1. The quantitative estimate of drug-likeness (QED) is 0.662. The Balaban J connectivity index is 2.08. The van der Waals surface area contributed by atoms with Crippen molar-refractivity contribution in [1.82, 2.24) is 15.1 Å². The summed E-state index contributed by atoms with van der Waals surface area (Å²) < 4.78 is 0. The molecule has 0 spiro atoms. The van der Waals surface area contributed by atoms with E-state index in [1.165, 1.54) is 5.56 Å². The number of hydrogen-bond acceptors (Lipinski definition) is 3. The zero-order valence-corrected chi connectivity index (χ0v) is 7.90. The Morgan fingerprint density at radius 1 is 1.62 bits per heavy atom. The number of hydrogen-bond donors (Lipinski definition) is 2. The second kappa shape index (κ2) is 3.47. The standard InChI is InChI=1S/C9H16N4/c1-13-6-8(10)2-3-9(13)7-4-11-12-5-7/h4-5,8-9H,2-3,6,10H2,1H3,(H,11,12). The van der Waals surface area contributed by atoms with Gasteiger partial charge in [-0.15, -0.1) is 0 Å². The van der Waals surface area contributed by atoms with Crippen LogP contribution >= 0.6 is 0 Å². The van der Waals surface area contributed by atoms with Crippen LogP contribution in [-0.4, -0.2) is 34.7 Å². The Bertz CT molecular complexity index is 257. The van der Waals surface area contributed by atoms with Gasteiger partial charge in [0.15, 0.2) is 0 Å². The van der Waals surface area contributed by atoms with E-state index >= 15 is 0 Å². The highest BCUT2D eigenvalue weighted by molar-refractivity contribution is 5.10. The average Bonchev–Trinajstić information content (AvgIpc) is 2.56. The second-order valence-electron chi connectivity index (χ2n) is 3.82. The summed E-state index contributed by atoms with van der Waals surface area (Å²) in [6, 6.07) is 0.840. The summed E-state index contributed by atoms with van der Waals surface area (Å²) in [7, 11) is 2.12. The van der Waals surface area contributed by atoms with Crippen molar-refractivity contribution in [3.63, 3.8) is 0 Å². The van der Waals surface area contributed by atoms with Gasteiger partial charge in [-0.3, -0.25) is 10.00 Å². The maximum Gasteiger partial charge on any atom is 0.0535 e. The largest absolute Gasteiger partial charge is 0.327 e. The highest BCUT2D eigenvalue weighted by atomic mass is 15.2. The fraction of sp³-hybridized carbons (Fsp3) is 0.667. The molecule has 0 aliphatic carbocycles. The van der Waals surface area contributed by atoms with Gasteiger partial charge in [-0.05, 0) is 19.9 Å². The number of nitrogens with one attached hydrogen (secondary N) is 1. The number of likely N-dealkylation sites (N-methyl/N-ethyl adjacent to an activating group) is 1.